The van der Waals surface area contributed by atoms with Crippen molar-refractivity contribution in [2.75, 3.05) is 5.32 Å². The van der Waals surface area contributed by atoms with E-state index in [0.717, 1.165) is 0 Å². The number of aromatic nitrogens is 2. The lowest BCUT2D eigenvalue weighted by atomic mass is 10.3. The van der Waals surface area contributed by atoms with Gasteiger partial charge in [0.1, 0.15) is 0 Å². The second-order valence-corrected chi connectivity index (χ2v) is 4.87. The number of nitro groups is 1. The molecule has 2 rings (SSSR count). The van der Waals surface area contributed by atoms with E-state index in [-0.39, 0.29) is 24.7 Å². The van der Waals surface area contributed by atoms with Gasteiger partial charge in [0.25, 0.3) is 0 Å². The van der Waals surface area contributed by atoms with Gasteiger partial charge in [-0.2, -0.15) is 4.68 Å². The molecular weight excluding hydrogens is 296 g/mol. The Hall–Kier alpha value is -2.41. The van der Waals surface area contributed by atoms with Gasteiger partial charge in [-0.25, -0.2) is 0 Å². The number of nitrogens with one attached hydrogen (secondary N) is 1. The summed E-state index contributed by atoms with van der Waals surface area (Å²) < 4.78 is 1.44. The highest BCUT2D eigenvalue weighted by molar-refractivity contribution is 6.30. The van der Waals surface area contributed by atoms with Crippen molar-refractivity contribution in [3.05, 3.63) is 51.2 Å². The topological polar surface area (TPSA) is 90.1 Å². The molecule has 0 aliphatic carbocycles. The van der Waals surface area contributed by atoms with Crippen LogP contribution in [0.3, 0.4) is 0 Å². The Morgan fingerprint density at radius 2 is 2.24 bits per heavy atom. The number of aryl methyl sites for hydroxylation is 2. The van der Waals surface area contributed by atoms with Crippen LogP contribution in [0.2, 0.25) is 5.02 Å². The van der Waals surface area contributed by atoms with Gasteiger partial charge < -0.3 is 15.4 Å². The SMILES string of the molecule is Cc1cc([N+](=O)[O-])nn1CCC(=O)Nc1cccc(Cl)c1. The van der Waals surface area contributed by atoms with Crippen LogP contribution < -0.4 is 5.32 Å². The lowest BCUT2D eigenvalue weighted by Gasteiger charge is -2.05. The zero-order valence-corrected chi connectivity index (χ0v) is 12.0. The summed E-state index contributed by atoms with van der Waals surface area (Å²) >= 11 is 5.83. The lowest BCUT2D eigenvalue weighted by molar-refractivity contribution is -0.389. The molecule has 1 N–H and O–H groups in total. The summed E-state index contributed by atoms with van der Waals surface area (Å²) in [7, 11) is 0. The van der Waals surface area contributed by atoms with Gasteiger partial charge in [-0.05, 0) is 30.0 Å². The van der Waals surface area contributed by atoms with Crippen LogP contribution in [0.5, 0.6) is 0 Å². The molecule has 0 saturated carbocycles. The maximum absolute atomic E-state index is 11.8. The first-order valence-electron chi connectivity index (χ1n) is 6.20. The summed E-state index contributed by atoms with van der Waals surface area (Å²) in [4.78, 5) is 21.9. The molecule has 1 aromatic heterocycles. The second kappa shape index (κ2) is 6.36. The molecule has 0 aliphatic heterocycles. The van der Waals surface area contributed by atoms with Crippen LogP contribution in [-0.2, 0) is 11.3 Å². The summed E-state index contributed by atoms with van der Waals surface area (Å²) in [6, 6.07) is 8.19. The molecule has 7 nitrogen and oxygen atoms in total. The number of hydrogen-bond acceptors (Lipinski definition) is 4. The minimum atomic E-state index is -0.560. The molecule has 0 atom stereocenters. The zero-order chi connectivity index (χ0) is 15.4. The number of rotatable bonds is 5. The first-order valence-corrected chi connectivity index (χ1v) is 6.58. The second-order valence-electron chi connectivity index (χ2n) is 4.43. The Morgan fingerprint density at radius 1 is 1.48 bits per heavy atom. The third-order valence-electron chi connectivity index (χ3n) is 2.81. The van der Waals surface area contributed by atoms with Gasteiger partial charge in [-0.3, -0.25) is 4.79 Å². The Balaban J connectivity index is 1.93. The lowest BCUT2D eigenvalue weighted by Crippen LogP contribution is -2.15. The van der Waals surface area contributed by atoms with E-state index in [1.165, 1.54) is 10.7 Å². The largest absolute Gasteiger partial charge is 0.390 e. The van der Waals surface area contributed by atoms with Crippen molar-refractivity contribution in [2.45, 2.75) is 19.9 Å². The monoisotopic (exact) mass is 308 g/mol. The number of halogens is 1. The standard InChI is InChI=1S/C13H13ClN4O3/c1-9-7-12(18(20)21)16-17(9)6-5-13(19)15-11-4-2-3-10(14)8-11/h2-4,7-8H,5-6H2,1H3,(H,15,19). The van der Waals surface area contributed by atoms with E-state index in [4.69, 9.17) is 11.6 Å². The molecule has 0 aliphatic rings. The fourth-order valence-electron chi connectivity index (χ4n) is 1.81. The first kappa shape index (κ1) is 15.0. The molecule has 0 radical (unpaired) electrons. The molecule has 0 saturated heterocycles. The minimum Gasteiger partial charge on any atom is -0.358 e. The van der Waals surface area contributed by atoms with Crippen molar-refractivity contribution in [3.8, 4) is 0 Å². The molecule has 0 spiro atoms. The normalized spacial score (nSPS) is 10.4. The molecule has 0 bridgehead atoms. The van der Waals surface area contributed by atoms with Crippen molar-refractivity contribution in [1.29, 1.82) is 0 Å². The van der Waals surface area contributed by atoms with Gasteiger partial charge >= 0.3 is 5.82 Å². The Labute approximate surface area is 125 Å². The van der Waals surface area contributed by atoms with E-state index in [2.05, 4.69) is 10.4 Å². The predicted molar refractivity (Wildman–Crippen MR) is 78.3 cm³/mol. The van der Waals surface area contributed by atoms with Crippen molar-refractivity contribution in [3.63, 3.8) is 0 Å². The van der Waals surface area contributed by atoms with Crippen molar-refractivity contribution < 1.29 is 9.72 Å². The van der Waals surface area contributed by atoms with Crippen LogP contribution in [0.15, 0.2) is 30.3 Å². The number of carbonyl (C=O) groups excluding carboxylic acids is 1. The Bertz CT molecular complexity index is 684. The molecule has 1 amide bonds. The molecule has 21 heavy (non-hydrogen) atoms. The summed E-state index contributed by atoms with van der Waals surface area (Å²) in [5, 5.41) is 17.7. The Morgan fingerprint density at radius 3 is 2.86 bits per heavy atom. The van der Waals surface area contributed by atoms with E-state index in [0.29, 0.717) is 16.4 Å². The zero-order valence-electron chi connectivity index (χ0n) is 11.2. The van der Waals surface area contributed by atoms with Gasteiger partial charge in [0.05, 0.1) is 23.4 Å². The highest BCUT2D eigenvalue weighted by Crippen LogP contribution is 2.15. The van der Waals surface area contributed by atoms with Gasteiger partial charge in [0, 0.05) is 17.1 Å². The van der Waals surface area contributed by atoms with Gasteiger partial charge in [-0.15, -0.1) is 0 Å². The summed E-state index contributed by atoms with van der Waals surface area (Å²) in [5.41, 5.74) is 1.24. The average molecular weight is 309 g/mol. The first-order chi connectivity index (χ1) is 9.95. The summed E-state index contributed by atoms with van der Waals surface area (Å²) in [6.07, 6.45) is 0.159. The quantitative estimate of drug-likeness (QED) is 0.679. The van der Waals surface area contributed by atoms with E-state index >= 15 is 0 Å². The molecule has 2 aromatic rings. The van der Waals surface area contributed by atoms with Crippen molar-refractivity contribution in [1.82, 2.24) is 9.78 Å². The van der Waals surface area contributed by atoms with Crippen molar-refractivity contribution in [2.24, 2.45) is 0 Å². The summed E-state index contributed by atoms with van der Waals surface area (Å²) in [5.74, 6) is -0.433. The highest BCUT2D eigenvalue weighted by atomic mass is 35.5. The maximum atomic E-state index is 11.8. The number of carbonyl (C=O) groups is 1. The fourth-order valence-corrected chi connectivity index (χ4v) is 2.00. The van der Waals surface area contributed by atoms with E-state index in [9.17, 15) is 14.9 Å². The van der Waals surface area contributed by atoms with E-state index in [1.807, 2.05) is 0 Å². The Kier molecular flexibility index (Phi) is 4.54. The number of nitrogens with zero attached hydrogens (tertiary/aromatic N) is 3. The maximum Gasteiger partial charge on any atom is 0.390 e. The predicted octanol–water partition coefficient (Wildman–Crippen LogP) is 2.78. The minimum absolute atomic E-state index is 0.159. The molecular formula is C13H13ClN4O3. The number of benzene rings is 1. The van der Waals surface area contributed by atoms with Gasteiger partial charge in [0.15, 0.2) is 0 Å². The third kappa shape index (κ3) is 4.03. The van der Waals surface area contributed by atoms with Crippen molar-refractivity contribution >= 4 is 29.0 Å². The average Bonchev–Trinajstić information content (AvgIpc) is 2.78. The fraction of sp³-hybridized carbons (Fsp3) is 0.231. The van der Waals surface area contributed by atoms with Crippen LogP contribution in [0.1, 0.15) is 12.1 Å². The number of amides is 1. The smallest absolute Gasteiger partial charge is 0.358 e. The van der Waals surface area contributed by atoms with E-state index in [1.54, 1.807) is 31.2 Å². The van der Waals surface area contributed by atoms with Crippen LogP contribution >= 0.6 is 11.6 Å². The molecule has 0 unspecified atom stereocenters. The van der Waals surface area contributed by atoms with Crippen LogP contribution in [0, 0.1) is 17.0 Å². The van der Waals surface area contributed by atoms with Crippen LogP contribution in [-0.4, -0.2) is 20.6 Å². The molecule has 0 fully saturated rings. The van der Waals surface area contributed by atoms with Gasteiger partial charge in [0.2, 0.25) is 5.91 Å². The van der Waals surface area contributed by atoms with Crippen LogP contribution in [0.25, 0.3) is 0 Å². The van der Waals surface area contributed by atoms with E-state index < -0.39 is 4.92 Å². The molecule has 1 aromatic carbocycles. The van der Waals surface area contributed by atoms with Crippen LogP contribution in [0.4, 0.5) is 11.5 Å². The van der Waals surface area contributed by atoms with Gasteiger partial charge in [-0.1, -0.05) is 17.7 Å². The third-order valence-corrected chi connectivity index (χ3v) is 3.05. The summed E-state index contributed by atoms with van der Waals surface area (Å²) in [6.45, 7) is 1.97. The number of hydrogen-bond donors (Lipinski definition) is 1. The molecule has 1 heterocycles. The number of anilines is 1. The molecule has 110 valence electrons. The highest BCUT2D eigenvalue weighted by Gasteiger charge is 2.15. The molecule has 8 heteroatoms.